The van der Waals surface area contributed by atoms with E-state index >= 15 is 0 Å². The molecule has 1 amide bonds. The summed E-state index contributed by atoms with van der Waals surface area (Å²) in [4.78, 5) is 24.9. The Labute approximate surface area is 136 Å². The smallest absolute Gasteiger partial charge is 0.329 e. The first-order valence-electron chi connectivity index (χ1n) is 8.57. The first-order valence-corrected chi connectivity index (χ1v) is 8.57. The molecule has 1 aliphatic rings. The number of hydrogen-bond donors (Lipinski definition) is 1. The summed E-state index contributed by atoms with van der Waals surface area (Å²) in [7, 11) is 0. The molecule has 0 spiro atoms. The van der Waals surface area contributed by atoms with Gasteiger partial charge >= 0.3 is 5.69 Å². The fraction of sp³-hybridized carbons (Fsp3) is 0.556. The van der Waals surface area contributed by atoms with Gasteiger partial charge in [-0.15, -0.1) is 0 Å². The number of imidazole rings is 1. The second kappa shape index (κ2) is 6.60. The van der Waals surface area contributed by atoms with Gasteiger partial charge in [0.2, 0.25) is 5.91 Å². The lowest BCUT2D eigenvalue weighted by Gasteiger charge is -2.27. The first-order chi connectivity index (χ1) is 11.1. The van der Waals surface area contributed by atoms with E-state index < -0.39 is 0 Å². The van der Waals surface area contributed by atoms with Gasteiger partial charge in [0, 0.05) is 12.6 Å². The van der Waals surface area contributed by atoms with E-state index in [4.69, 9.17) is 0 Å². The number of amides is 1. The van der Waals surface area contributed by atoms with Crippen LogP contribution in [-0.2, 0) is 17.9 Å². The normalized spacial score (nSPS) is 21.5. The summed E-state index contributed by atoms with van der Waals surface area (Å²) < 4.78 is 3.30. The molecule has 1 saturated carbocycles. The van der Waals surface area contributed by atoms with Gasteiger partial charge in [0.1, 0.15) is 6.54 Å². The summed E-state index contributed by atoms with van der Waals surface area (Å²) in [5, 5.41) is 3.11. The van der Waals surface area contributed by atoms with E-state index in [9.17, 15) is 9.59 Å². The number of rotatable bonds is 4. The summed E-state index contributed by atoms with van der Waals surface area (Å²) in [6.45, 7) is 4.88. The quantitative estimate of drug-likeness (QED) is 0.942. The molecule has 0 unspecified atom stereocenters. The molecule has 2 aromatic rings. The van der Waals surface area contributed by atoms with Crippen LogP contribution < -0.4 is 11.0 Å². The molecule has 0 aliphatic heterocycles. The fourth-order valence-corrected chi connectivity index (χ4v) is 3.71. The van der Waals surface area contributed by atoms with Crippen molar-refractivity contribution in [2.24, 2.45) is 5.92 Å². The lowest BCUT2D eigenvalue weighted by atomic mass is 9.87. The molecular formula is C18H25N3O2. The Bertz CT molecular complexity index is 759. The monoisotopic (exact) mass is 315 g/mol. The Kier molecular flexibility index (Phi) is 4.55. The van der Waals surface area contributed by atoms with Crippen molar-refractivity contribution in [3.05, 3.63) is 34.7 Å². The van der Waals surface area contributed by atoms with Gasteiger partial charge in [-0.2, -0.15) is 0 Å². The number of para-hydroxylation sites is 2. The highest BCUT2D eigenvalue weighted by atomic mass is 16.2. The summed E-state index contributed by atoms with van der Waals surface area (Å²) in [6, 6.07) is 7.90. The number of nitrogens with zero attached hydrogens (tertiary/aromatic N) is 2. The molecule has 1 aromatic heterocycles. The first kappa shape index (κ1) is 15.8. The Morgan fingerprint density at radius 2 is 1.91 bits per heavy atom. The lowest BCUT2D eigenvalue weighted by Crippen LogP contribution is -2.41. The van der Waals surface area contributed by atoms with E-state index in [2.05, 4.69) is 12.2 Å². The number of carbonyl (C=O) groups is 1. The predicted molar refractivity (Wildman–Crippen MR) is 91.4 cm³/mol. The number of aromatic nitrogens is 2. The van der Waals surface area contributed by atoms with Crippen LogP contribution in [0.1, 0.15) is 39.5 Å². The van der Waals surface area contributed by atoms with E-state index in [0.717, 1.165) is 23.9 Å². The average molecular weight is 315 g/mol. The highest BCUT2D eigenvalue weighted by molar-refractivity contribution is 5.81. The third kappa shape index (κ3) is 3.19. The minimum absolute atomic E-state index is 0.0646. The molecule has 1 aromatic carbocycles. The minimum atomic E-state index is -0.110. The van der Waals surface area contributed by atoms with Crippen molar-refractivity contribution in [1.82, 2.24) is 14.5 Å². The predicted octanol–water partition coefficient (Wildman–Crippen LogP) is 2.52. The zero-order chi connectivity index (χ0) is 16.4. The second-order valence-corrected chi connectivity index (χ2v) is 6.64. The van der Waals surface area contributed by atoms with Gasteiger partial charge in [-0.25, -0.2) is 4.79 Å². The van der Waals surface area contributed by atoms with E-state index in [1.54, 1.807) is 9.13 Å². The number of fused-ring (bicyclic) bond motifs is 1. The molecule has 1 N–H and O–H groups in total. The standard InChI is InChI=1S/C18H25N3O2/c1-3-20-15-9-4-5-10-16(15)21(18(20)23)12-17(22)19-14-8-6-7-13(2)11-14/h4-5,9-10,13-14H,3,6-8,11-12H2,1-2H3,(H,19,22)/t13-,14-/m0/s1. The molecule has 23 heavy (non-hydrogen) atoms. The average Bonchev–Trinajstić information content (AvgIpc) is 2.79. The van der Waals surface area contributed by atoms with Gasteiger partial charge in [0.25, 0.3) is 0 Å². The zero-order valence-corrected chi connectivity index (χ0v) is 13.9. The number of hydrogen-bond acceptors (Lipinski definition) is 2. The van der Waals surface area contributed by atoms with Gasteiger partial charge in [0.15, 0.2) is 0 Å². The van der Waals surface area contributed by atoms with Gasteiger partial charge < -0.3 is 5.32 Å². The molecular weight excluding hydrogens is 290 g/mol. The maximum absolute atomic E-state index is 12.5. The van der Waals surface area contributed by atoms with Crippen LogP contribution in [0, 0.1) is 5.92 Å². The van der Waals surface area contributed by atoms with Crippen molar-refractivity contribution >= 4 is 16.9 Å². The molecule has 5 nitrogen and oxygen atoms in total. The molecule has 3 rings (SSSR count). The lowest BCUT2D eigenvalue weighted by molar-refractivity contribution is -0.122. The Morgan fingerprint density at radius 1 is 1.22 bits per heavy atom. The number of nitrogens with one attached hydrogen (secondary N) is 1. The van der Waals surface area contributed by atoms with Crippen molar-refractivity contribution in [2.45, 2.75) is 58.7 Å². The third-order valence-electron chi connectivity index (χ3n) is 4.84. The summed E-state index contributed by atoms with van der Waals surface area (Å²) in [5.41, 5.74) is 1.60. The van der Waals surface area contributed by atoms with Crippen LogP contribution >= 0.6 is 0 Å². The van der Waals surface area contributed by atoms with Gasteiger partial charge in [-0.05, 0) is 37.8 Å². The van der Waals surface area contributed by atoms with Crippen LogP contribution in [0.3, 0.4) is 0 Å². The largest absolute Gasteiger partial charge is 0.352 e. The topological polar surface area (TPSA) is 56.0 Å². The SMILES string of the molecule is CCn1c(=O)n(CC(=O)N[C@H]2CCC[C@H](C)C2)c2ccccc21. The summed E-state index contributed by atoms with van der Waals surface area (Å²) in [5.74, 6) is 0.601. The zero-order valence-electron chi connectivity index (χ0n) is 13.9. The molecule has 2 atom stereocenters. The van der Waals surface area contributed by atoms with Crippen molar-refractivity contribution in [1.29, 1.82) is 0 Å². The van der Waals surface area contributed by atoms with Crippen molar-refractivity contribution in [3.63, 3.8) is 0 Å². The molecule has 0 saturated heterocycles. The molecule has 124 valence electrons. The van der Waals surface area contributed by atoms with Crippen LogP contribution in [0.5, 0.6) is 0 Å². The van der Waals surface area contributed by atoms with Gasteiger partial charge in [0.05, 0.1) is 11.0 Å². The molecule has 1 aliphatic carbocycles. The molecule has 0 radical (unpaired) electrons. The minimum Gasteiger partial charge on any atom is -0.352 e. The maximum Gasteiger partial charge on any atom is 0.329 e. The molecule has 1 fully saturated rings. The Balaban J connectivity index is 1.80. The van der Waals surface area contributed by atoms with Crippen LogP contribution in [0.25, 0.3) is 11.0 Å². The molecule has 1 heterocycles. The van der Waals surface area contributed by atoms with Gasteiger partial charge in [-0.1, -0.05) is 31.9 Å². The molecule has 0 bridgehead atoms. The van der Waals surface area contributed by atoms with Crippen LogP contribution in [-0.4, -0.2) is 21.1 Å². The van der Waals surface area contributed by atoms with Crippen LogP contribution in [0.2, 0.25) is 0 Å². The number of carbonyl (C=O) groups excluding carboxylic acids is 1. The van der Waals surface area contributed by atoms with E-state index in [-0.39, 0.29) is 24.2 Å². The van der Waals surface area contributed by atoms with Crippen molar-refractivity contribution < 1.29 is 4.79 Å². The highest BCUT2D eigenvalue weighted by Gasteiger charge is 2.21. The highest BCUT2D eigenvalue weighted by Crippen LogP contribution is 2.23. The second-order valence-electron chi connectivity index (χ2n) is 6.64. The maximum atomic E-state index is 12.5. The number of aryl methyl sites for hydroxylation is 1. The Morgan fingerprint density at radius 3 is 2.57 bits per heavy atom. The Hall–Kier alpha value is -2.04. The van der Waals surface area contributed by atoms with E-state index in [1.807, 2.05) is 31.2 Å². The van der Waals surface area contributed by atoms with Gasteiger partial charge in [-0.3, -0.25) is 13.9 Å². The van der Waals surface area contributed by atoms with Crippen molar-refractivity contribution in [3.8, 4) is 0 Å². The van der Waals surface area contributed by atoms with E-state index in [1.165, 1.54) is 12.8 Å². The summed E-state index contributed by atoms with van der Waals surface area (Å²) >= 11 is 0. The van der Waals surface area contributed by atoms with Crippen LogP contribution in [0.4, 0.5) is 0 Å². The van der Waals surface area contributed by atoms with Crippen molar-refractivity contribution in [2.75, 3.05) is 0 Å². The fourth-order valence-electron chi connectivity index (χ4n) is 3.71. The van der Waals surface area contributed by atoms with E-state index in [0.29, 0.717) is 12.5 Å². The summed E-state index contributed by atoms with van der Waals surface area (Å²) in [6.07, 6.45) is 4.50. The third-order valence-corrected chi connectivity index (χ3v) is 4.84. The van der Waals surface area contributed by atoms with Crippen LogP contribution in [0.15, 0.2) is 29.1 Å². The molecule has 5 heteroatoms. The number of benzene rings is 1.